The zero-order valence-corrected chi connectivity index (χ0v) is 44.8. The number of hydrogen-bond acceptors (Lipinski definition) is 6. The van der Waals surface area contributed by atoms with Crippen molar-refractivity contribution in [1.82, 2.24) is 0 Å². The Morgan fingerprint density at radius 1 is 0.236 bits per heavy atom. The van der Waals surface area contributed by atoms with Crippen LogP contribution >= 0.6 is 0 Å². The number of hydrogen-bond donors (Lipinski definition) is 0. The second-order valence-corrected chi connectivity index (χ2v) is 19.6. The molecule has 0 aliphatic carbocycles. The van der Waals surface area contributed by atoms with Crippen molar-refractivity contribution in [3.63, 3.8) is 0 Å². The van der Waals surface area contributed by atoms with E-state index in [9.17, 15) is 0 Å². The zero-order valence-electron chi connectivity index (χ0n) is 44.8. The summed E-state index contributed by atoms with van der Waals surface area (Å²) in [6.07, 6.45) is 20.0. The molecule has 0 fully saturated rings. The van der Waals surface area contributed by atoms with Crippen molar-refractivity contribution >= 4 is 64.6 Å². The highest BCUT2D eigenvalue weighted by Gasteiger charge is 2.17. The molecule has 0 aliphatic rings. The first kappa shape index (κ1) is 53.9. The summed E-state index contributed by atoms with van der Waals surface area (Å²) < 4.78 is 40.0. The van der Waals surface area contributed by atoms with Crippen molar-refractivity contribution in [3.05, 3.63) is 109 Å². The molecule has 0 radical (unpaired) electrons. The van der Waals surface area contributed by atoms with Gasteiger partial charge in [-0.3, -0.25) is 0 Å². The van der Waals surface area contributed by atoms with Gasteiger partial charge in [0.15, 0.2) is 34.5 Å². The van der Waals surface area contributed by atoms with Crippen molar-refractivity contribution in [3.8, 4) is 34.5 Å². The third kappa shape index (κ3) is 14.6. The van der Waals surface area contributed by atoms with E-state index in [4.69, 9.17) is 28.4 Å². The van der Waals surface area contributed by atoms with Crippen molar-refractivity contribution in [2.75, 3.05) is 39.6 Å². The van der Waals surface area contributed by atoms with Gasteiger partial charge in [0.05, 0.1) is 39.6 Å². The molecule has 0 saturated heterocycles. The minimum atomic E-state index is 0.598. The molecule has 0 amide bonds. The van der Waals surface area contributed by atoms with Gasteiger partial charge >= 0.3 is 0 Å². The molecule has 0 heterocycles. The van der Waals surface area contributed by atoms with Gasteiger partial charge in [0, 0.05) is 16.2 Å². The highest BCUT2D eigenvalue weighted by atomic mass is 16.5. The van der Waals surface area contributed by atoms with Gasteiger partial charge in [-0.05, 0) is 142 Å². The molecule has 7 rings (SSSR count). The van der Waals surface area contributed by atoms with Crippen LogP contribution in [0.4, 0.5) is 0 Å². The Morgan fingerprint density at radius 3 is 0.861 bits per heavy atom. The average Bonchev–Trinajstić information content (AvgIpc) is 3.40. The highest BCUT2D eigenvalue weighted by molar-refractivity contribution is 6.09. The summed E-state index contributed by atoms with van der Waals surface area (Å²) in [5.74, 6) is 4.83. The molecule has 0 spiro atoms. The lowest BCUT2D eigenvalue weighted by atomic mass is 10.0. The summed E-state index contributed by atoms with van der Waals surface area (Å²) in [5.41, 5.74) is 0. The Balaban J connectivity index is 1.52. The van der Waals surface area contributed by atoms with Crippen LogP contribution in [0.15, 0.2) is 109 Å². The normalized spacial score (nSPS) is 11.4. The summed E-state index contributed by atoms with van der Waals surface area (Å²) >= 11 is 0. The first-order chi connectivity index (χ1) is 35.5. The second kappa shape index (κ2) is 29.0. The van der Waals surface area contributed by atoms with E-state index in [0.29, 0.717) is 39.6 Å². The number of unbranched alkanes of at least 4 members (excludes halogenated alkanes) is 12. The van der Waals surface area contributed by atoms with Gasteiger partial charge in [0.1, 0.15) is 0 Å². The van der Waals surface area contributed by atoms with Crippen molar-refractivity contribution in [2.45, 2.75) is 157 Å². The predicted molar refractivity (Wildman–Crippen MR) is 308 cm³/mol. The summed E-state index contributed by atoms with van der Waals surface area (Å²) in [5, 5.41) is 13.0. The molecule has 0 N–H and O–H groups in total. The molecule has 0 aromatic heterocycles. The molecule has 0 aliphatic heterocycles. The lowest BCUT2D eigenvalue weighted by molar-refractivity contribution is 0.261. The van der Waals surface area contributed by atoms with Crippen LogP contribution < -0.4 is 28.4 Å². The summed E-state index contributed by atoms with van der Waals surface area (Å²) in [7, 11) is 0. The maximum Gasteiger partial charge on any atom is 0.169 e. The Kier molecular flexibility index (Phi) is 21.7. The number of ether oxygens (including phenoxy) is 6. The Labute approximate surface area is 431 Å². The third-order valence-corrected chi connectivity index (χ3v) is 13.6. The van der Waals surface area contributed by atoms with Crippen LogP contribution in [-0.4, -0.2) is 39.6 Å². The zero-order chi connectivity index (χ0) is 50.3. The Bertz CT molecular complexity index is 2920. The fraction of sp³-hybridized carbons (Fsp3) is 0.455. The molecule has 0 saturated carbocycles. The standard InChI is InChI=1S/C66H84O6/c1-7-13-17-21-39-68-62-46-52-31-27-51-30-36-55-60(45-51)53(47-61(67-37-11-5)64(55)70-38-12-6)32-33-54-48-63(69-40-22-18-14-8-2)66(72-42-24-20-16-10-4)57-35-29-50(44-59(54)57)26-25-49-28-34-56(58(52)43-49)65(62)71-41-23-19-15-9-3/h25-36,43-48H,7-24,37-42H2,1-6H3. The summed E-state index contributed by atoms with van der Waals surface area (Å²) in [6, 6.07) is 40.2. The molecule has 6 bridgehead atoms. The monoisotopic (exact) mass is 973 g/mol. The van der Waals surface area contributed by atoms with Gasteiger partial charge in [0.2, 0.25) is 0 Å². The molecule has 72 heavy (non-hydrogen) atoms. The van der Waals surface area contributed by atoms with E-state index in [2.05, 4.69) is 151 Å². The van der Waals surface area contributed by atoms with Crippen molar-refractivity contribution < 1.29 is 28.4 Å². The van der Waals surface area contributed by atoms with Gasteiger partial charge in [-0.2, -0.15) is 0 Å². The Hall–Kier alpha value is -5.88. The molecule has 0 unspecified atom stereocenters. The SMILES string of the molecule is CCCCCCOc1cc2ccc3ccc4c(OCCC)c(OCCC)cc(ccc5cc(OCCCCCC)c(OCCCCCC)c6ccc(ccc7ccc(c1OCCCCCC)c2c7)cc56)c4c3. The van der Waals surface area contributed by atoms with Crippen LogP contribution in [0.2, 0.25) is 0 Å². The van der Waals surface area contributed by atoms with E-state index in [1.165, 1.54) is 51.4 Å². The van der Waals surface area contributed by atoms with E-state index >= 15 is 0 Å². The van der Waals surface area contributed by atoms with Crippen LogP contribution in [-0.2, 0) is 0 Å². The van der Waals surface area contributed by atoms with Crippen LogP contribution in [0.1, 0.15) is 157 Å². The molecular formula is C66H84O6. The fourth-order valence-electron chi connectivity index (χ4n) is 9.54. The van der Waals surface area contributed by atoms with Gasteiger partial charge in [-0.15, -0.1) is 0 Å². The average molecular weight is 973 g/mol. The molecule has 0 atom stereocenters. The van der Waals surface area contributed by atoms with Crippen LogP contribution in [0, 0.1) is 0 Å². The Morgan fingerprint density at radius 2 is 0.514 bits per heavy atom. The van der Waals surface area contributed by atoms with Crippen molar-refractivity contribution in [2.24, 2.45) is 0 Å². The van der Waals surface area contributed by atoms with Gasteiger partial charge in [-0.25, -0.2) is 0 Å². The van der Waals surface area contributed by atoms with Gasteiger partial charge in [0.25, 0.3) is 0 Å². The van der Waals surface area contributed by atoms with Crippen LogP contribution in [0.25, 0.3) is 64.6 Å². The first-order valence-electron chi connectivity index (χ1n) is 28.1. The number of rotatable bonds is 30. The minimum Gasteiger partial charge on any atom is -0.490 e. The maximum absolute atomic E-state index is 6.76. The summed E-state index contributed by atoms with van der Waals surface area (Å²) in [6.45, 7) is 17.1. The molecular weight excluding hydrogens is 889 g/mol. The molecule has 6 nitrogen and oxygen atoms in total. The molecule has 6 heteroatoms. The van der Waals surface area contributed by atoms with Gasteiger partial charge < -0.3 is 28.4 Å². The van der Waals surface area contributed by atoms with E-state index < -0.39 is 0 Å². The molecule has 7 aromatic carbocycles. The molecule has 7 aromatic rings. The predicted octanol–water partition coefficient (Wildman–Crippen LogP) is 19.7. The second-order valence-electron chi connectivity index (χ2n) is 19.6. The smallest absolute Gasteiger partial charge is 0.169 e. The maximum atomic E-state index is 6.76. The number of benzene rings is 6. The highest BCUT2D eigenvalue weighted by Crippen LogP contribution is 2.43. The fourth-order valence-corrected chi connectivity index (χ4v) is 9.54. The van der Waals surface area contributed by atoms with Crippen LogP contribution in [0.3, 0.4) is 0 Å². The minimum absolute atomic E-state index is 0.598. The number of fused-ring (bicyclic) bond motifs is 3. The van der Waals surface area contributed by atoms with E-state index in [1.54, 1.807) is 0 Å². The van der Waals surface area contributed by atoms with E-state index in [0.717, 1.165) is 163 Å². The molecule has 384 valence electrons. The van der Waals surface area contributed by atoms with E-state index in [1.807, 2.05) is 0 Å². The van der Waals surface area contributed by atoms with Gasteiger partial charge in [-0.1, -0.05) is 173 Å². The summed E-state index contributed by atoms with van der Waals surface area (Å²) in [4.78, 5) is 0. The van der Waals surface area contributed by atoms with Crippen molar-refractivity contribution in [1.29, 1.82) is 0 Å². The third-order valence-electron chi connectivity index (χ3n) is 13.6. The lowest BCUT2D eigenvalue weighted by Crippen LogP contribution is -2.03. The first-order valence-corrected chi connectivity index (χ1v) is 28.1. The van der Waals surface area contributed by atoms with E-state index in [-0.39, 0.29) is 0 Å². The topological polar surface area (TPSA) is 55.4 Å². The van der Waals surface area contributed by atoms with Crippen LogP contribution in [0.5, 0.6) is 34.5 Å². The lowest BCUT2D eigenvalue weighted by Gasteiger charge is -2.17. The largest absolute Gasteiger partial charge is 0.490 e. The quantitative estimate of drug-likeness (QED) is 0.0419.